The lowest BCUT2D eigenvalue weighted by Gasteiger charge is -2.14. The lowest BCUT2D eigenvalue weighted by Crippen LogP contribution is -2.12. The number of aromatic nitrogens is 3. The van der Waals surface area contributed by atoms with Crippen molar-refractivity contribution < 1.29 is 13.2 Å². The Bertz CT molecular complexity index is 932. The van der Waals surface area contributed by atoms with Gasteiger partial charge in [0.15, 0.2) is 5.82 Å². The lowest BCUT2D eigenvalue weighted by atomic mass is 10.1. The Kier molecular flexibility index (Phi) is 5.29. The topological polar surface area (TPSA) is 50.7 Å². The smallest absolute Gasteiger partial charge is 0.366 e. The molecule has 4 nitrogen and oxygen atoms in total. The molecule has 26 heavy (non-hydrogen) atoms. The quantitative estimate of drug-likeness (QED) is 0.632. The number of nitrogens with zero attached hydrogens (tertiary/aromatic N) is 3. The van der Waals surface area contributed by atoms with Crippen molar-refractivity contribution in [3.05, 3.63) is 70.1 Å². The van der Waals surface area contributed by atoms with Crippen molar-refractivity contribution in [1.29, 1.82) is 0 Å². The molecule has 0 spiro atoms. The standard InChI is InChI=1S/C17H11Cl2F3N4/c18-12-2-1-10(14(6-12)17(20,21)22)8-25-15-3-4-24-16(26-15)11-5-13(19)9-23-7-11/h1-7,9H,8H2,(H,24,25,26). The molecule has 1 aromatic carbocycles. The van der Waals surface area contributed by atoms with E-state index < -0.39 is 11.7 Å². The number of hydrogen-bond acceptors (Lipinski definition) is 4. The zero-order chi connectivity index (χ0) is 18.7. The van der Waals surface area contributed by atoms with Crippen LogP contribution in [-0.2, 0) is 12.7 Å². The van der Waals surface area contributed by atoms with Crippen LogP contribution < -0.4 is 5.32 Å². The molecule has 0 aliphatic carbocycles. The summed E-state index contributed by atoms with van der Waals surface area (Å²) in [4.78, 5) is 12.4. The van der Waals surface area contributed by atoms with Crippen LogP contribution in [0.15, 0.2) is 48.9 Å². The summed E-state index contributed by atoms with van der Waals surface area (Å²) < 4.78 is 39.4. The van der Waals surface area contributed by atoms with E-state index in [4.69, 9.17) is 23.2 Å². The second kappa shape index (κ2) is 7.47. The van der Waals surface area contributed by atoms with Crippen LogP contribution in [0, 0.1) is 0 Å². The molecule has 0 radical (unpaired) electrons. The van der Waals surface area contributed by atoms with E-state index in [1.165, 1.54) is 24.5 Å². The predicted molar refractivity (Wildman–Crippen MR) is 94.1 cm³/mol. The largest absolute Gasteiger partial charge is 0.416 e. The van der Waals surface area contributed by atoms with Crippen molar-refractivity contribution in [2.24, 2.45) is 0 Å². The fourth-order valence-electron chi connectivity index (χ4n) is 2.28. The predicted octanol–water partition coefficient (Wildman–Crippen LogP) is 5.48. The maximum absolute atomic E-state index is 13.1. The highest BCUT2D eigenvalue weighted by molar-refractivity contribution is 6.31. The van der Waals surface area contributed by atoms with Gasteiger partial charge in [-0.25, -0.2) is 9.97 Å². The Morgan fingerprint density at radius 3 is 2.54 bits per heavy atom. The van der Waals surface area contributed by atoms with E-state index in [1.807, 2.05) is 0 Å². The Morgan fingerprint density at radius 1 is 1.00 bits per heavy atom. The van der Waals surface area contributed by atoms with E-state index in [0.717, 1.165) is 6.07 Å². The summed E-state index contributed by atoms with van der Waals surface area (Å²) in [5, 5.41) is 3.33. The van der Waals surface area contributed by atoms with E-state index in [-0.39, 0.29) is 17.1 Å². The zero-order valence-corrected chi connectivity index (χ0v) is 14.6. The van der Waals surface area contributed by atoms with E-state index in [2.05, 4.69) is 20.3 Å². The summed E-state index contributed by atoms with van der Waals surface area (Å²) in [6, 6.07) is 6.86. The SMILES string of the molecule is FC(F)(F)c1cc(Cl)ccc1CNc1ccnc(-c2cncc(Cl)c2)n1. The van der Waals surface area contributed by atoms with Gasteiger partial charge in [-0.15, -0.1) is 0 Å². The number of rotatable bonds is 4. The van der Waals surface area contributed by atoms with E-state index in [9.17, 15) is 13.2 Å². The van der Waals surface area contributed by atoms with Crippen LogP contribution in [0.25, 0.3) is 11.4 Å². The average Bonchev–Trinajstić information content (AvgIpc) is 2.60. The molecule has 2 heterocycles. The minimum Gasteiger partial charge on any atom is -0.366 e. The number of benzene rings is 1. The molecule has 3 aromatic rings. The van der Waals surface area contributed by atoms with Crippen LogP contribution in [-0.4, -0.2) is 15.0 Å². The first-order chi connectivity index (χ1) is 12.3. The summed E-state index contributed by atoms with van der Waals surface area (Å²) in [7, 11) is 0. The molecule has 0 saturated heterocycles. The molecular formula is C17H11Cl2F3N4. The minimum absolute atomic E-state index is 0.0267. The van der Waals surface area contributed by atoms with E-state index >= 15 is 0 Å². The highest BCUT2D eigenvalue weighted by Crippen LogP contribution is 2.34. The summed E-state index contributed by atoms with van der Waals surface area (Å²) in [5.41, 5.74) is -0.124. The first-order valence-electron chi connectivity index (χ1n) is 7.36. The number of alkyl halides is 3. The fraction of sp³-hybridized carbons (Fsp3) is 0.118. The second-order valence-corrected chi connectivity index (χ2v) is 6.18. The number of hydrogen-bond donors (Lipinski definition) is 1. The number of halogens is 5. The molecule has 0 amide bonds. The second-order valence-electron chi connectivity index (χ2n) is 5.31. The average molecular weight is 399 g/mol. The molecule has 0 saturated carbocycles. The highest BCUT2D eigenvalue weighted by Gasteiger charge is 2.33. The third-order valence-corrected chi connectivity index (χ3v) is 3.90. The first-order valence-corrected chi connectivity index (χ1v) is 8.12. The molecule has 1 N–H and O–H groups in total. The molecule has 2 aromatic heterocycles. The Balaban J connectivity index is 1.82. The normalized spacial score (nSPS) is 11.4. The van der Waals surface area contributed by atoms with E-state index in [1.54, 1.807) is 18.3 Å². The summed E-state index contributed by atoms with van der Waals surface area (Å²) in [5.74, 6) is 0.732. The van der Waals surface area contributed by atoms with Crippen molar-refractivity contribution in [2.45, 2.75) is 12.7 Å². The molecule has 0 bridgehead atoms. The van der Waals surface area contributed by atoms with Crippen LogP contribution in [0.3, 0.4) is 0 Å². The number of pyridine rings is 1. The third kappa shape index (κ3) is 4.42. The highest BCUT2D eigenvalue weighted by atomic mass is 35.5. The maximum atomic E-state index is 13.1. The molecule has 0 atom stereocenters. The van der Waals surface area contributed by atoms with Gasteiger partial charge in [-0.1, -0.05) is 29.3 Å². The van der Waals surface area contributed by atoms with Crippen molar-refractivity contribution in [3.63, 3.8) is 0 Å². The van der Waals surface area contributed by atoms with Gasteiger partial charge in [-0.05, 0) is 29.8 Å². The molecule has 0 unspecified atom stereocenters. The van der Waals surface area contributed by atoms with Crippen LogP contribution >= 0.6 is 23.2 Å². The van der Waals surface area contributed by atoms with Gasteiger partial charge in [0.05, 0.1) is 10.6 Å². The third-order valence-electron chi connectivity index (χ3n) is 3.46. The first kappa shape index (κ1) is 18.4. The Morgan fingerprint density at radius 2 is 1.81 bits per heavy atom. The molecule has 3 rings (SSSR count). The fourth-order valence-corrected chi connectivity index (χ4v) is 2.63. The van der Waals surface area contributed by atoms with Gasteiger partial charge in [0, 0.05) is 35.7 Å². The number of anilines is 1. The van der Waals surface area contributed by atoms with Gasteiger partial charge < -0.3 is 5.32 Å². The van der Waals surface area contributed by atoms with Gasteiger partial charge in [0.1, 0.15) is 5.82 Å². The van der Waals surface area contributed by atoms with Crippen LogP contribution in [0.2, 0.25) is 10.0 Å². The van der Waals surface area contributed by atoms with Crippen molar-refractivity contribution in [1.82, 2.24) is 15.0 Å². The molecule has 0 aliphatic rings. The van der Waals surface area contributed by atoms with E-state index in [0.29, 0.717) is 22.2 Å². The summed E-state index contributed by atoms with van der Waals surface area (Å²) >= 11 is 11.6. The van der Waals surface area contributed by atoms with Gasteiger partial charge in [-0.3, -0.25) is 4.98 Å². The molecule has 0 fully saturated rings. The van der Waals surface area contributed by atoms with Crippen molar-refractivity contribution >= 4 is 29.0 Å². The monoisotopic (exact) mass is 398 g/mol. The minimum atomic E-state index is -4.49. The van der Waals surface area contributed by atoms with Gasteiger partial charge >= 0.3 is 6.18 Å². The van der Waals surface area contributed by atoms with Crippen LogP contribution in [0.4, 0.5) is 19.0 Å². The Hall–Kier alpha value is -2.38. The maximum Gasteiger partial charge on any atom is 0.416 e. The van der Waals surface area contributed by atoms with Crippen LogP contribution in [0.5, 0.6) is 0 Å². The molecule has 134 valence electrons. The molecule has 0 aliphatic heterocycles. The van der Waals surface area contributed by atoms with Crippen molar-refractivity contribution in [2.75, 3.05) is 5.32 Å². The van der Waals surface area contributed by atoms with Gasteiger partial charge in [0.25, 0.3) is 0 Å². The Labute approximate surface area is 157 Å². The molecular weight excluding hydrogens is 388 g/mol. The lowest BCUT2D eigenvalue weighted by molar-refractivity contribution is -0.138. The summed E-state index contributed by atoms with van der Waals surface area (Å²) in [6.45, 7) is -0.0732. The zero-order valence-electron chi connectivity index (χ0n) is 13.1. The van der Waals surface area contributed by atoms with Gasteiger partial charge in [0.2, 0.25) is 0 Å². The summed E-state index contributed by atoms with van der Waals surface area (Å²) in [6.07, 6.45) is 0.0294. The van der Waals surface area contributed by atoms with Crippen molar-refractivity contribution in [3.8, 4) is 11.4 Å². The van der Waals surface area contributed by atoms with Crippen LogP contribution in [0.1, 0.15) is 11.1 Å². The van der Waals surface area contributed by atoms with Gasteiger partial charge in [-0.2, -0.15) is 13.2 Å². The number of nitrogens with one attached hydrogen (secondary N) is 1. The molecule has 9 heteroatoms.